The topological polar surface area (TPSA) is 88.2 Å². The molecule has 8 nitrogen and oxygen atoms in total. The standard InChI is InChI=1S/C23H25N3O5S/c1-23(19-6-3-12-32-19)21(28)26(22(29)24-23)14-20(27)25-9-2-5-16(25)15-7-8-17-18(13-15)31-11-4-10-30-17/h3,6-8,12-13,16H,2,4-5,9-11,14H2,1H3,(H,24,29). The number of amides is 4. The summed E-state index contributed by atoms with van der Waals surface area (Å²) in [4.78, 5) is 42.4. The highest BCUT2D eigenvalue weighted by molar-refractivity contribution is 7.10. The van der Waals surface area contributed by atoms with Gasteiger partial charge < -0.3 is 19.7 Å². The molecule has 4 heterocycles. The molecule has 3 aliphatic rings. The fourth-order valence-electron chi connectivity index (χ4n) is 4.60. The van der Waals surface area contributed by atoms with Crippen molar-refractivity contribution in [1.29, 1.82) is 0 Å². The molecule has 4 amide bonds. The zero-order chi connectivity index (χ0) is 22.3. The SMILES string of the molecule is CC1(c2cccs2)NC(=O)N(CC(=O)N2CCCC2c2ccc3c(c2)OCCCO3)C1=O. The number of likely N-dealkylation sites (tertiary alicyclic amines) is 1. The number of thiophene rings is 1. The van der Waals surface area contributed by atoms with Gasteiger partial charge in [-0.25, -0.2) is 4.79 Å². The lowest BCUT2D eigenvalue weighted by atomic mass is 10.0. The molecule has 9 heteroatoms. The van der Waals surface area contributed by atoms with Crippen molar-refractivity contribution < 1.29 is 23.9 Å². The third-order valence-electron chi connectivity index (χ3n) is 6.31. The van der Waals surface area contributed by atoms with E-state index in [1.54, 1.807) is 11.8 Å². The number of rotatable bonds is 4. The number of carbonyl (C=O) groups excluding carboxylic acids is 3. The van der Waals surface area contributed by atoms with Gasteiger partial charge in [-0.3, -0.25) is 14.5 Å². The van der Waals surface area contributed by atoms with Gasteiger partial charge in [-0.2, -0.15) is 0 Å². The lowest BCUT2D eigenvalue weighted by molar-refractivity contribution is -0.139. The summed E-state index contributed by atoms with van der Waals surface area (Å²) in [5.41, 5.74) is -0.162. The number of ether oxygens (including phenoxy) is 2. The molecule has 0 spiro atoms. The van der Waals surface area contributed by atoms with Gasteiger partial charge >= 0.3 is 6.03 Å². The van der Waals surface area contributed by atoms with Crippen molar-refractivity contribution in [3.63, 3.8) is 0 Å². The smallest absolute Gasteiger partial charge is 0.325 e. The first kappa shape index (κ1) is 20.8. The van der Waals surface area contributed by atoms with Crippen LogP contribution in [0.4, 0.5) is 4.79 Å². The summed E-state index contributed by atoms with van der Waals surface area (Å²) in [5, 5.41) is 4.62. The van der Waals surface area contributed by atoms with Crippen LogP contribution >= 0.6 is 11.3 Å². The molecule has 0 saturated carbocycles. The summed E-state index contributed by atoms with van der Waals surface area (Å²) < 4.78 is 11.5. The second-order valence-electron chi connectivity index (χ2n) is 8.43. The molecular formula is C23H25N3O5S. The highest BCUT2D eigenvalue weighted by atomic mass is 32.1. The Hall–Kier alpha value is -3.07. The number of nitrogens with one attached hydrogen (secondary N) is 1. The quantitative estimate of drug-likeness (QED) is 0.716. The van der Waals surface area contributed by atoms with Crippen LogP contribution in [0.1, 0.15) is 42.7 Å². The fraction of sp³-hybridized carbons (Fsp3) is 0.435. The minimum atomic E-state index is -1.13. The number of benzene rings is 1. The Balaban J connectivity index is 1.33. The first-order valence-corrected chi connectivity index (χ1v) is 11.7. The molecule has 3 aliphatic heterocycles. The highest BCUT2D eigenvalue weighted by Gasteiger charge is 2.50. The van der Waals surface area contributed by atoms with Gasteiger partial charge in [-0.1, -0.05) is 12.1 Å². The van der Waals surface area contributed by atoms with Gasteiger partial charge in [-0.15, -0.1) is 11.3 Å². The third-order valence-corrected chi connectivity index (χ3v) is 7.40. The maximum atomic E-state index is 13.2. The van der Waals surface area contributed by atoms with Crippen LogP contribution in [0, 0.1) is 0 Å². The van der Waals surface area contributed by atoms with Crippen molar-refractivity contribution in [3.05, 3.63) is 46.2 Å². The van der Waals surface area contributed by atoms with Crippen molar-refractivity contribution in [2.75, 3.05) is 26.3 Å². The minimum absolute atomic E-state index is 0.121. The molecule has 2 atom stereocenters. The predicted octanol–water partition coefficient (Wildman–Crippen LogP) is 3.04. The Morgan fingerprint density at radius 2 is 2.00 bits per heavy atom. The van der Waals surface area contributed by atoms with E-state index in [9.17, 15) is 14.4 Å². The zero-order valence-corrected chi connectivity index (χ0v) is 18.7. The molecule has 1 N–H and O–H groups in total. The number of fused-ring (bicyclic) bond motifs is 1. The lowest BCUT2D eigenvalue weighted by Gasteiger charge is -2.27. The molecule has 2 saturated heterocycles. The third kappa shape index (κ3) is 3.50. The van der Waals surface area contributed by atoms with Gasteiger partial charge in [0.25, 0.3) is 5.91 Å². The molecule has 1 aromatic heterocycles. The number of urea groups is 1. The maximum absolute atomic E-state index is 13.2. The Morgan fingerprint density at radius 1 is 1.19 bits per heavy atom. The molecule has 1 aromatic carbocycles. The molecule has 0 radical (unpaired) electrons. The Kier molecular flexibility index (Phi) is 5.28. The van der Waals surface area contributed by atoms with Crippen LogP contribution in [-0.4, -0.2) is 53.9 Å². The molecule has 0 bridgehead atoms. The van der Waals surface area contributed by atoms with Crippen molar-refractivity contribution in [2.24, 2.45) is 0 Å². The van der Waals surface area contributed by atoms with Gasteiger partial charge in [0.15, 0.2) is 17.0 Å². The zero-order valence-electron chi connectivity index (χ0n) is 17.8. The van der Waals surface area contributed by atoms with Crippen LogP contribution < -0.4 is 14.8 Å². The van der Waals surface area contributed by atoms with Crippen molar-refractivity contribution in [1.82, 2.24) is 15.1 Å². The van der Waals surface area contributed by atoms with Crippen molar-refractivity contribution in [2.45, 2.75) is 37.8 Å². The number of nitrogens with zero attached hydrogens (tertiary/aromatic N) is 2. The Labute approximate surface area is 190 Å². The van der Waals surface area contributed by atoms with E-state index in [4.69, 9.17) is 9.47 Å². The van der Waals surface area contributed by atoms with Gasteiger partial charge in [0.1, 0.15) is 6.54 Å². The van der Waals surface area contributed by atoms with Crippen LogP contribution in [0.5, 0.6) is 11.5 Å². The Bertz CT molecular complexity index is 1060. The van der Waals surface area contributed by atoms with Gasteiger partial charge in [0.2, 0.25) is 5.91 Å². The van der Waals surface area contributed by atoms with Crippen LogP contribution in [0.2, 0.25) is 0 Å². The van der Waals surface area contributed by atoms with Crippen LogP contribution in [0.15, 0.2) is 35.7 Å². The largest absolute Gasteiger partial charge is 0.490 e. The van der Waals surface area contributed by atoms with Crippen LogP contribution in [0.25, 0.3) is 0 Å². The molecule has 2 fully saturated rings. The molecule has 32 heavy (non-hydrogen) atoms. The molecular weight excluding hydrogens is 430 g/mol. The summed E-state index contributed by atoms with van der Waals surface area (Å²) in [6.07, 6.45) is 2.50. The van der Waals surface area contributed by atoms with Crippen LogP contribution in [-0.2, 0) is 15.1 Å². The first-order chi connectivity index (χ1) is 15.5. The predicted molar refractivity (Wildman–Crippen MR) is 118 cm³/mol. The number of hydrogen-bond donors (Lipinski definition) is 1. The van der Waals surface area contributed by atoms with E-state index < -0.39 is 17.5 Å². The van der Waals surface area contributed by atoms with E-state index in [1.165, 1.54) is 11.3 Å². The maximum Gasteiger partial charge on any atom is 0.325 e. The normalized spacial score (nSPS) is 25.1. The summed E-state index contributed by atoms with van der Waals surface area (Å²) in [6.45, 7) is 3.21. The number of imide groups is 1. The summed E-state index contributed by atoms with van der Waals surface area (Å²) >= 11 is 1.40. The average Bonchev–Trinajstić information content (AvgIpc) is 3.49. The average molecular weight is 456 g/mol. The second-order valence-corrected chi connectivity index (χ2v) is 9.37. The monoisotopic (exact) mass is 455 g/mol. The summed E-state index contributed by atoms with van der Waals surface area (Å²) in [5.74, 6) is 0.776. The fourth-order valence-corrected chi connectivity index (χ4v) is 5.43. The second kappa shape index (κ2) is 8.12. The first-order valence-electron chi connectivity index (χ1n) is 10.8. The molecule has 2 aromatic rings. The lowest BCUT2D eigenvalue weighted by Crippen LogP contribution is -2.44. The molecule has 2 unspecified atom stereocenters. The molecule has 168 valence electrons. The van der Waals surface area contributed by atoms with Crippen LogP contribution in [0.3, 0.4) is 0 Å². The highest BCUT2D eigenvalue weighted by Crippen LogP contribution is 2.38. The minimum Gasteiger partial charge on any atom is -0.490 e. The summed E-state index contributed by atoms with van der Waals surface area (Å²) in [7, 11) is 0. The van der Waals surface area contributed by atoms with E-state index in [1.807, 2.05) is 35.7 Å². The van der Waals surface area contributed by atoms with E-state index in [2.05, 4.69) is 5.32 Å². The molecule has 5 rings (SSSR count). The van der Waals surface area contributed by atoms with E-state index >= 15 is 0 Å². The van der Waals surface area contributed by atoms with E-state index in [0.717, 1.165) is 34.6 Å². The van der Waals surface area contributed by atoms with E-state index in [0.29, 0.717) is 31.3 Å². The number of hydrogen-bond acceptors (Lipinski definition) is 6. The number of carbonyl (C=O) groups is 3. The Morgan fingerprint density at radius 3 is 2.78 bits per heavy atom. The van der Waals surface area contributed by atoms with E-state index in [-0.39, 0.29) is 18.5 Å². The molecule has 0 aliphatic carbocycles. The summed E-state index contributed by atoms with van der Waals surface area (Å²) in [6, 6.07) is 8.79. The van der Waals surface area contributed by atoms with Gasteiger partial charge in [0, 0.05) is 17.8 Å². The van der Waals surface area contributed by atoms with Crippen molar-refractivity contribution >= 4 is 29.2 Å². The van der Waals surface area contributed by atoms with Crippen molar-refractivity contribution in [3.8, 4) is 11.5 Å². The van der Waals surface area contributed by atoms with Gasteiger partial charge in [-0.05, 0) is 48.9 Å². The van der Waals surface area contributed by atoms with Gasteiger partial charge in [0.05, 0.1) is 19.3 Å².